The minimum Gasteiger partial charge on any atom is -0.512 e. The van der Waals surface area contributed by atoms with Crippen molar-refractivity contribution in [2.45, 2.75) is 12.1 Å². The molecule has 0 spiro atoms. The van der Waals surface area contributed by atoms with Crippen LogP contribution in [-0.2, 0) is 0 Å². The largest absolute Gasteiger partial charge is 0.512 e. The Labute approximate surface area is 66.3 Å². The summed E-state index contributed by atoms with van der Waals surface area (Å²) in [4.78, 5) is 1.66. The molecular weight excluding hydrogens is 142 g/mol. The molecule has 1 rings (SSSR count). The molecule has 0 bridgehead atoms. The molecule has 0 radical (unpaired) electrons. The summed E-state index contributed by atoms with van der Waals surface area (Å²) >= 11 is 0. The van der Waals surface area contributed by atoms with Crippen molar-refractivity contribution in [3.63, 3.8) is 0 Å². The topological polar surface area (TPSA) is 43.7 Å². The van der Waals surface area contributed by atoms with Gasteiger partial charge in [0, 0.05) is 0 Å². The summed E-state index contributed by atoms with van der Waals surface area (Å²) < 4.78 is 0. The summed E-state index contributed by atoms with van der Waals surface area (Å²) in [7, 11) is 3.53. The molecule has 0 aliphatic heterocycles. The van der Waals surface area contributed by atoms with Gasteiger partial charge in [0.25, 0.3) is 0 Å². The zero-order chi connectivity index (χ0) is 8.48. The van der Waals surface area contributed by atoms with Crippen LogP contribution in [0.4, 0.5) is 0 Å². The maximum absolute atomic E-state index is 9.76. The Morgan fingerprint density at radius 3 is 2.55 bits per heavy atom. The highest BCUT2D eigenvalue weighted by Crippen LogP contribution is 2.22. The van der Waals surface area contributed by atoms with Crippen molar-refractivity contribution in [1.82, 2.24) is 4.90 Å². The third-order valence-electron chi connectivity index (χ3n) is 1.87. The van der Waals surface area contributed by atoms with Gasteiger partial charge in [-0.05, 0) is 26.2 Å². The summed E-state index contributed by atoms with van der Waals surface area (Å²) in [6, 6.07) is 0. The number of nitrogens with zero attached hydrogens (tertiary/aromatic N) is 1. The third-order valence-corrected chi connectivity index (χ3v) is 1.87. The molecule has 1 atom stereocenters. The summed E-state index contributed by atoms with van der Waals surface area (Å²) in [6.45, 7) is 0. The minimum absolute atomic E-state index is 0.212. The van der Waals surface area contributed by atoms with Gasteiger partial charge in [-0.1, -0.05) is 6.08 Å². The quantitative estimate of drug-likeness (QED) is 0.546. The van der Waals surface area contributed by atoms with Crippen LogP contribution >= 0.6 is 0 Å². The van der Waals surface area contributed by atoms with Gasteiger partial charge in [-0.25, -0.2) is 0 Å². The van der Waals surface area contributed by atoms with Crippen LogP contribution in [0.3, 0.4) is 0 Å². The monoisotopic (exact) mass is 155 g/mol. The Hall–Kier alpha value is -0.800. The van der Waals surface area contributed by atoms with E-state index in [9.17, 15) is 5.11 Å². The van der Waals surface area contributed by atoms with Crippen LogP contribution in [-0.4, -0.2) is 34.9 Å². The van der Waals surface area contributed by atoms with Gasteiger partial charge in [0.05, 0.1) is 12.2 Å². The molecule has 2 N–H and O–H groups in total. The van der Waals surface area contributed by atoms with Gasteiger partial charge in [0.2, 0.25) is 0 Å². The summed E-state index contributed by atoms with van der Waals surface area (Å²) in [5.41, 5.74) is -1.02. The molecule has 0 fully saturated rings. The maximum Gasteiger partial charge on any atom is 0.144 e. The average Bonchev–Trinajstić information content (AvgIpc) is 1.86. The van der Waals surface area contributed by atoms with Crippen molar-refractivity contribution in [3.8, 4) is 0 Å². The second kappa shape index (κ2) is 2.68. The van der Waals surface area contributed by atoms with E-state index in [4.69, 9.17) is 5.11 Å². The standard InChI is InChI=1S/C8H13NO2/c1-9(2)8(11)5-3-4-7(10)6-8/h3-5,10-11H,6H2,1-2H3. The van der Waals surface area contributed by atoms with Gasteiger partial charge in [-0.15, -0.1) is 0 Å². The van der Waals surface area contributed by atoms with Gasteiger partial charge in [-0.2, -0.15) is 0 Å². The highest BCUT2D eigenvalue weighted by atomic mass is 16.3. The lowest BCUT2D eigenvalue weighted by molar-refractivity contribution is -0.0450. The fourth-order valence-electron chi connectivity index (χ4n) is 1.00. The molecule has 0 saturated heterocycles. The maximum atomic E-state index is 9.76. The summed E-state index contributed by atoms with van der Waals surface area (Å²) in [5.74, 6) is 0.212. The van der Waals surface area contributed by atoms with Crippen LogP contribution in [0.5, 0.6) is 0 Å². The number of rotatable bonds is 1. The minimum atomic E-state index is -1.02. The Balaban J connectivity index is 2.78. The van der Waals surface area contributed by atoms with Gasteiger partial charge in [0.15, 0.2) is 0 Å². The van der Waals surface area contributed by atoms with Crippen molar-refractivity contribution in [2.24, 2.45) is 0 Å². The van der Waals surface area contributed by atoms with Gasteiger partial charge >= 0.3 is 0 Å². The SMILES string of the molecule is CN(C)C1(O)C=CC=C(O)C1. The molecule has 11 heavy (non-hydrogen) atoms. The van der Waals surface area contributed by atoms with Crippen LogP contribution < -0.4 is 0 Å². The van der Waals surface area contributed by atoms with Crippen LogP contribution in [0.2, 0.25) is 0 Å². The van der Waals surface area contributed by atoms with E-state index in [1.54, 1.807) is 37.2 Å². The number of aliphatic hydroxyl groups excluding tert-OH is 1. The third kappa shape index (κ3) is 1.61. The lowest BCUT2D eigenvalue weighted by Gasteiger charge is -2.32. The second-order valence-electron chi connectivity index (χ2n) is 2.97. The summed E-state index contributed by atoms with van der Waals surface area (Å²) in [5, 5.41) is 18.9. The van der Waals surface area contributed by atoms with E-state index in [2.05, 4.69) is 0 Å². The van der Waals surface area contributed by atoms with E-state index in [1.165, 1.54) is 0 Å². The van der Waals surface area contributed by atoms with Gasteiger partial charge in [-0.3, -0.25) is 4.90 Å². The highest BCUT2D eigenvalue weighted by molar-refractivity contribution is 5.20. The molecule has 3 nitrogen and oxygen atoms in total. The fourth-order valence-corrected chi connectivity index (χ4v) is 1.00. The van der Waals surface area contributed by atoms with E-state index >= 15 is 0 Å². The molecule has 0 amide bonds. The number of allylic oxidation sites excluding steroid dienone is 2. The van der Waals surface area contributed by atoms with Crippen molar-refractivity contribution < 1.29 is 10.2 Å². The molecule has 0 aromatic rings. The lowest BCUT2D eigenvalue weighted by atomic mass is 10.0. The number of aliphatic hydroxyl groups is 2. The molecule has 1 unspecified atom stereocenters. The van der Waals surface area contributed by atoms with Gasteiger partial charge < -0.3 is 10.2 Å². The summed E-state index contributed by atoms with van der Waals surface area (Å²) in [6.07, 6.45) is 5.15. The fraction of sp³-hybridized carbons (Fsp3) is 0.500. The normalized spacial score (nSPS) is 30.7. The first-order chi connectivity index (χ1) is 5.04. The molecule has 1 aliphatic carbocycles. The van der Waals surface area contributed by atoms with E-state index in [0.29, 0.717) is 0 Å². The Morgan fingerprint density at radius 2 is 2.18 bits per heavy atom. The van der Waals surface area contributed by atoms with Crippen LogP contribution in [0, 0.1) is 0 Å². The molecule has 0 saturated carbocycles. The molecule has 0 aromatic carbocycles. The van der Waals surface area contributed by atoms with E-state index < -0.39 is 5.72 Å². The van der Waals surface area contributed by atoms with E-state index in [-0.39, 0.29) is 12.2 Å². The van der Waals surface area contributed by atoms with Crippen LogP contribution in [0.25, 0.3) is 0 Å². The average molecular weight is 155 g/mol. The van der Waals surface area contributed by atoms with Gasteiger partial charge in [0.1, 0.15) is 5.72 Å². The zero-order valence-electron chi connectivity index (χ0n) is 6.78. The smallest absolute Gasteiger partial charge is 0.144 e. The first-order valence-electron chi connectivity index (χ1n) is 3.52. The zero-order valence-corrected chi connectivity index (χ0v) is 6.78. The molecule has 3 heteroatoms. The lowest BCUT2D eigenvalue weighted by Crippen LogP contribution is -2.43. The molecule has 1 aliphatic rings. The van der Waals surface area contributed by atoms with Crippen molar-refractivity contribution in [2.75, 3.05) is 14.1 Å². The first-order valence-corrected chi connectivity index (χ1v) is 3.52. The molecule has 62 valence electrons. The molecule has 0 heterocycles. The Morgan fingerprint density at radius 1 is 1.55 bits per heavy atom. The number of likely N-dealkylation sites (N-methyl/N-ethyl adjacent to an activating group) is 1. The predicted octanol–water partition coefficient (Wildman–Crippen LogP) is 0.638. The Kier molecular flexibility index (Phi) is 2.02. The predicted molar refractivity (Wildman–Crippen MR) is 43.1 cm³/mol. The van der Waals surface area contributed by atoms with Crippen molar-refractivity contribution in [1.29, 1.82) is 0 Å². The highest BCUT2D eigenvalue weighted by Gasteiger charge is 2.29. The Bertz CT molecular complexity index is 208. The second-order valence-corrected chi connectivity index (χ2v) is 2.97. The number of hydrogen-bond acceptors (Lipinski definition) is 3. The van der Waals surface area contributed by atoms with Crippen LogP contribution in [0.1, 0.15) is 6.42 Å². The first kappa shape index (κ1) is 8.30. The van der Waals surface area contributed by atoms with Crippen LogP contribution in [0.15, 0.2) is 24.0 Å². The molecular formula is C8H13NO2. The van der Waals surface area contributed by atoms with Crippen molar-refractivity contribution in [3.05, 3.63) is 24.0 Å². The van der Waals surface area contributed by atoms with E-state index in [0.717, 1.165) is 0 Å². The number of hydrogen-bond donors (Lipinski definition) is 2. The molecule has 0 aromatic heterocycles. The van der Waals surface area contributed by atoms with E-state index in [1.807, 2.05) is 0 Å². The van der Waals surface area contributed by atoms with Crippen molar-refractivity contribution >= 4 is 0 Å².